The number of carboxylic acids is 1. The van der Waals surface area contributed by atoms with E-state index in [0.717, 1.165) is 5.56 Å². The van der Waals surface area contributed by atoms with Crippen LogP contribution < -0.4 is 42.4 Å². The highest BCUT2D eigenvalue weighted by atomic mass is 16.6. The number of unbranched alkanes of at least 4 members (excludes halogenated alkanes) is 2. The molecule has 0 spiro atoms. The lowest BCUT2D eigenvalue weighted by atomic mass is 10.0. The van der Waals surface area contributed by atoms with Gasteiger partial charge in [0.25, 0.3) is 0 Å². The number of nitrogens with two attached hydrogens (primary N) is 1. The maximum absolute atomic E-state index is 14.0. The Labute approximate surface area is 375 Å². The number of carbonyl (C=O) groups excluding carboxylic acids is 7. The first-order chi connectivity index (χ1) is 30.0. The number of benzene rings is 1. The molecule has 6 amide bonds. The predicted molar refractivity (Wildman–Crippen MR) is 237 cm³/mol. The topological polar surface area (TPSA) is 292 Å². The zero-order valence-electron chi connectivity index (χ0n) is 38.0. The maximum atomic E-state index is 14.0. The Morgan fingerprint density at radius 2 is 1.16 bits per heavy atom. The largest absolute Gasteiger partial charge is 0.488 e. The SMILES string of the molecule is C=CCOC(=O)CC[C@H](NC(=O)[C@H](CCCCNC(=O)OCC=C)NC(=O)[C@@H](N)Cc1ccc(OC(C)(C)C)cc1)C(=O)N[C@@H](CCCCNC(=O)OC(C)(C)C)C(=O)NCC(=O)O. The number of aliphatic carboxylic acids is 1. The number of alkyl carbamates (subject to hydrolysis) is 2. The molecule has 4 atom stereocenters. The summed E-state index contributed by atoms with van der Waals surface area (Å²) in [7, 11) is 0. The highest BCUT2D eigenvalue weighted by Crippen LogP contribution is 2.19. The molecule has 0 aliphatic rings. The summed E-state index contributed by atoms with van der Waals surface area (Å²) in [5.41, 5.74) is 5.90. The molecule has 1 aromatic carbocycles. The van der Waals surface area contributed by atoms with Gasteiger partial charge in [0.1, 0.15) is 54.8 Å². The van der Waals surface area contributed by atoms with E-state index >= 15 is 0 Å². The number of hydrogen-bond acceptors (Lipinski definition) is 13. The third-order valence-corrected chi connectivity index (χ3v) is 8.56. The second-order valence-electron chi connectivity index (χ2n) is 16.7. The van der Waals surface area contributed by atoms with Gasteiger partial charge >= 0.3 is 24.1 Å². The molecule has 20 nitrogen and oxygen atoms in total. The van der Waals surface area contributed by atoms with E-state index < -0.39 is 89.7 Å². The number of hydrogen-bond donors (Lipinski definition) is 8. The van der Waals surface area contributed by atoms with Gasteiger partial charge in [-0.2, -0.15) is 0 Å². The molecular formula is C44H69N7O13. The predicted octanol–water partition coefficient (Wildman–Crippen LogP) is 2.68. The smallest absolute Gasteiger partial charge is 0.407 e. The molecule has 0 aromatic heterocycles. The van der Waals surface area contributed by atoms with E-state index in [9.17, 15) is 38.4 Å². The van der Waals surface area contributed by atoms with Crippen molar-refractivity contribution in [2.24, 2.45) is 5.73 Å². The molecule has 0 radical (unpaired) electrons. The first-order valence-corrected chi connectivity index (χ1v) is 21.2. The van der Waals surface area contributed by atoms with Crippen molar-refractivity contribution in [2.45, 2.75) is 135 Å². The lowest BCUT2D eigenvalue weighted by molar-refractivity contribution is -0.143. The minimum atomic E-state index is -1.46. The second kappa shape index (κ2) is 29.2. The van der Waals surface area contributed by atoms with Crippen LogP contribution in [-0.4, -0.2) is 121 Å². The number of amides is 6. The van der Waals surface area contributed by atoms with Crippen LogP contribution in [0.4, 0.5) is 9.59 Å². The van der Waals surface area contributed by atoms with Crippen LogP contribution in [0.15, 0.2) is 49.6 Å². The molecule has 0 aliphatic heterocycles. The van der Waals surface area contributed by atoms with Gasteiger partial charge in [0.15, 0.2) is 0 Å². The molecule has 1 aromatic rings. The van der Waals surface area contributed by atoms with Crippen molar-refractivity contribution in [3.8, 4) is 5.75 Å². The van der Waals surface area contributed by atoms with Crippen molar-refractivity contribution in [2.75, 3.05) is 32.8 Å². The highest BCUT2D eigenvalue weighted by molar-refractivity contribution is 5.95. The van der Waals surface area contributed by atoms with Crippen molar-refractivity contribution in [1.29, 1.82) is 0 Å². The number of carboxylic acid groups (broad SMARTS) is 1. The molecule has 20 heteroatoms. The van der Waals surface area contributed by atoms with Crippen LogP contribution in [0.25, 0.3) is 0 Å². The van der Waals surface area contributed by atoms with Crippen molar-refractivity contribution in [3.63, 3.8) is 0 Å². The fourth-order valence-electron chi connectivity index (χ4n) is 5.62. The summed E-state index contributed by atoms with van der Waals surface area (Å²) >= 11 is 0. The van der Waals surface area contributed by atoms with Gasteiger partial charge in [0.2, 0.25) is 23.6 Å². The quantitative estimate of drug-likeness (QED) is 0.0248. The van der Waals surface area contributed by atoms with E-state index in [1.165, 1.54) is 12.2 Å². The van der Waals surface area contributed by atoms with Gasteiger partial charge in [0.05, 0.1) is 6.04 Å². The average molecular weight is 904 g/mol. The fourth-order valence-corrected chi connectivity index (χ4v) is 5.62. The van der Waals surface area contributed by atoms with Gasteiger partial charge in [-0.15, -0.1) is 0 Å². The Balaban J connectivity index is 3.31. The standard InChI is InChI=1S/C44H69N7O13/c1-9-25-61-36(54)22-21-34(40(58)50-32(38(56)48-28-35(52)53)15-11-14-24-47-42(60)64-44(6,7)8)51-39(57)33(16-12-13-23-46-41(59)62-26-10-2)49-37(55)31(45)27-29-17-19-30(20-18-29)63-43(3,4)5/h9-10,17-20,31-34H,1-2,11-16,21-28,45H2,3-8H3,(H,46,59)(H,47,60)(H,48,56)(H,49,55)(H,50,58)(H,51,57)(H,52,53)/t31-,32-,33-,34-/m0/s1. The summed E-state index contributed by atoms with van der Waals surface area (Å²) < 4.78 is 21.0. The Kier molecular flexibility index (Phi) is 25.5. The molecule has 0 saturated heterocycles. The van der Waals surface area contributed by atoms with Gasteiger partial charge < -0.3 is 61.7 Å². The van der Waals surface area contributed by atoms with Crippen LogP contribution in [-0.2, 0) is 49.4 Å². The number of nitrogens with one attached hydrogen (secondary N) is 6. The monoisotopic (exact) mass is 903 g/mol. The van der Waals surface area contributed by atoms with E-state index in [-0.39, 0.29) is 64.8 Å². The van der Waals surface area contributed by atoms with Crippen LogP contribution in [0.5, 0.6) is 5.75 Å². The van der Waals surface area contributed by atoms with Crippen LogP contribution in [0.3, 0.4) is 0 Å². The second-order valence-corrected chi connectivity index (χ2v) is 16.7. The van der Waals surface area contributed by atoms with E-state index in [1.54, 1.807) is 45.0 Å². The Morgan fingerprint density at radius 3 is 1.67 bits per heavy atom. The summed E-state index contributed by atoms with van der Waals surface area (Å²) in [5, 5.41) is 24.4. The Hall–Kier alpha value is -6.18. The molecule has 0 aliphatic carbocycles. The van der Waals surface area contributed by atoms with Crippen molar-refractivity contribution in [3.05, 3.63) is 55.1 Å². The van der Waals surface area contributed by atoms with Gasteiger partial charge in [-0.25, -0.2) is 9.59 Å². The molecule has 0 saturated carbocycles. The Morgan fingerprint density at radius 1 is 0.656 bits per heavy atom. The van der Waals surface area contributed by atoms with Crippen LogP contribution >= 0.6 is 0 Å². The lowest BCUT2D eigenvalue weighted by Gasteiger charge is -2.26. The summed E-state index contributed by atoms with van der Waals surface area (Å²) in [6.45, 7) is 17.3. The molecule has 64 heavy (non-hydrogen) atoms. The van der Waals surface area contributed by atoms with E-state index in [1.807, 2.05) is 20.8 Å². The molecule has 9 N–H and O–H groups in total. The van der Waals surface area contributed by atoms with E-state index in [0.29, 0.717) is 25.0 Å². The van der Waals surface area contributed by atoms with Crippen molar-refractivity contribution >= 4 is 47.8 Å². The zero-order chi connectivity index (χ0) is 48.3. The first-order valence-electron chi connectivity index (χ1n) is 21.2. The molecule has 1 rings (SSSR count). The van der Waals surface area contributed by atoms with Crippen molar-refractivity contribution < 1.29 is 62.4 Å². The van der Waals surface area contributed by atoms with Crippen LogP contribution in [0, 0.1) is 0 Å². The molecule has 0 bridgehead atoms. The normalized spacial score (nSPS) is 13.0. The molecule has 0 unspecified atom stereocenters. The molecule has 358 valence electrons. The van der Waals surface area contributed by atoms with E-state index in [4.69, 9.17) is 29.8 Å². The minimum Gasteiger partial charge on any atom is -0.488 e. The summed E-state index contributed by atoms with van der Waals surface area (Å²) in [6.07, 6.45) is 2.19. The Bertz CT molecular complexity index is 1710. The van der Waals surface area contributed by atoms with Gasteiger partial charge in [-0.3, -0.25) is 28.8 Å². The fraction of sp³-hybridized carbons (Fsp3) is 0.591. The van der Waals surface area contributed by atoms with Crippen LogP contribution in [0.2, 0.25) is 0 Å². The lowest BCUT2D eigenvalue weighted by Crippen LogP contribution is -2.58. The average Bonchev–Trinajstić information content (AvgIpc) is 3.20. The molecular weight excluding hydrogens is 835 g/mol. The van der Waals surface area contributed by atoms with Gasteiger partial charge in [-0.05, 0) is 111 Å². The van der Waals surface area contributed by atoms with Crippen molar-refractivity contribution in [1.82, 2.24) is 31.9 Å². The minimum absolute atomic E-state index is 0.00663. The number of ether oxygens (including phenoxy) is 4. The molecule has 0 fully saturated rings. The third-order valence-electron chi connectivity index (χ3n) is 8.56. The highest BCUT2D eigenvalue weighted by Gasteiger charge is 2.31. The zero-order valence-corrected chi connectivity index (χ0v) is 38.0. The van der Waals surface area contributed by atoms with E-state index in [2.05, 4.69) is 45.1 Å². The number of rotatable bonds is 29. The summed E-state index contributed by atoms with van der Waals surface area (Å²) in [4.78, 5) is 102. The summed E-state index contributed by atoms with van der Waals surface area (Å²) in [6, 6.07) is 1.93. The first kappa shape index (κ1) is 55.8. The third kappa shape index (κ3) is 26.3. The maximum Gasteiger partial charge on any atom is 0.407 e. The number of carbonyl (C=O) groups is 8. The van der Waals surface area contributed by atoms with Gasteiger partial charge in [-0.1, -0.05) is 37.4 Å². The van der Waals surface area contributed by atoms with Crippen LogP contribution in [0.1, 0.15) is 98.5 Å². The summed E-state index contributed by atoms with van der Waals surface area (Å²) in [5.74, 6) is -4.63. The van der Waals surface area contributed by atoms with Gasteiger partial charge in [0, 0.05) is 19.5 Å². The number of esters is 1. The molecule has 0 heterocycles.